The number of carbonyl (C=O) groups is 2. The number of rotatable bonds is 2. The van der Waals surface area contributed by atoms with E-state index < -0.39 is 23.1 Å². The highest BCUT2D eigenvalue weighted by molar-refractivity contribution is 6.31. The van der Waals surface area contributed by atoms with Gasteiger partial charge < -0.3 is 10.0 Å². The predicted octanol–water partition coefficient (Wildman–Crippen LogP) is 2.81. The van der Waals surface area contributed by atoms with Crippen molar-refractivity contribution in [2.45, 2.75) is 19.3 Å². The Morgan fingerprint density at radius 2 is 2.19 bits per heavy atom. The summed E-state index contributed by atoms with van der Waals surface area (Å²) in [6, 6.07) is 3.82. The fourth-order valence-corrected chi connectivity index (χ4v) is 3.80. The number of amides is 1. The van der Waals surface area contributed by atoms with Crippen molar-refractivity contribution in [1.29, 1.82) is 0 Å². The van der Waals surface area contributed by atoms with Crippen molar-refractivity contribution in [2.75, 3.05) is 13.1 Å². The molecule has 1 aliphatic carbocycles. The molecule has 21 heavy (non-hydrogen) atoms. The minimum absolute atomic E-state index is 0.0406. The zero-order chi connectivity index (χ0) is 15.2. The van der Waals surface area contributed by atoms with Gasteiger partial charge in [0.1, 0.15) is 5.82 Å². The third-order valence-corrected chi connectivity index (χ3v) is 4.98. The van der Waals surface area contributed by atoms with Gasteiger partial charge in [0.15, 0.2) is 0 Å². The van der Waals surface area contributed by atoms with Crippen molar-refractivity contribution >= 4 is 23.5 Å². The Kier molecular flexibility index (Phi) is 3.40. The number of carboxylic acid groups (broad SMARTS) is 1. The van der Waals surface area contributed by atoms with E-state index in [0.717, 1.165) is 18.9 Å². The summed E-state index contributed by atoms with van der Waals surface area (Å²) in [6.07, 6.45) is 2.24. The van der Waals surface area contributed by atoms with Gasteiger partial charge in [-0.3, -0.25) is 9.59 Å². The van der Waals surface area contributed by atoms with E-state index in [1.807, 2.05) is 0 Å². The largest absolute Gasteiger partial charge is 0.481 e. The number of benzene rings is 1. The molecule has 1 aromatic carbocycles. The molecule has 6 heteroatoms. The highest BCUT2D eigenvalue weighted by atomic mass is 35.5. The fourth-order valence-electron chi connectivity index (χ4n) is 3.63. The second-order valence-corrected chi connectivity index (χ2v) is 6.30. The molecule has 1 aliphatic heterocycles. The molecule has 4 nitrogen and oxygen atoms in total. The molecule has 0 aromatic heterocycles. The quantitative estimate of drug-likeness (QED) is 0.913. The van der Waals surface area contributed by atoms with Gasteiger partial charge in [-0.2, -0.15) is 0 Å². The van der Waals surface area contributed by atoms with E-state index in [-0.39, 0.29) is 23.0 Å². The lowest BCUT2D eigenvalue weighted by Gasteiger charge is -2.23. The SMILES string of the molecule is O=C(c1cc(Cl)ccc1F)N1C[C@@H]2CCC[C@@]2(C(=O)O)C1. The lowest BCUT2D eigenvalue weighted by molar-refractivity contribution is -0.149. The number of halogens is 2. The van der Waals surface area contributed by atoms with Crippen LogP contribution in [0.4, 0.5) is 4.39 Å². The zero-order valence-electron chi connectivity index (χ0n) is 11.3. The van der Waals surface area contributed by atoms with Crippen molar-refractivity contribution in [3.63, 3.8) is 0 Å². The van der Waals surface area contributed by atoms with E-state index in [0.29, 0.717) is 13.0 Å². The number of likely N-dealkylation sites (tertiary alicyclic amines) is 1. The van der Waals surface area contributed by atoms with Crippen LogP contribution in [0.15, 0.2) is 18.2 Å². The molecule has 0 unspecified atom stereocenters. The van der Waals surface area contributed by atoms with Crippen LogP contribution in [0.2, 0.25) is 5.02 Å². The molecular formula is C15H15ClFNO3. The number of aliphatic carboxylic acids is 1. The first-order valence-electron chi connectivity index (χ1n) is 6.92. The summed E-state index contributed by atoms with van der Waals surface area (Å²) in [6.45, 7) is 0.523. The second-order valence-electron chi connectivity index (χ2n) is 5.86. The van der Waals surface area contributed by atoms with Gasteiger partial charge in [-0.1, -0.05) is 18.0 Å². The maximum Gasteiger partial charge on any atom is 0.311 e. The molecule has 3 rings (SSSR count). The maximum absolute atomic E-state index is 13.8. The minimum atomic E-state index is -0.856. The van der Waals surface area contributed by atoms with Crippen LogP contribution in [-0.2, 0) is 4.79 Å². The fraction of sp³-hybridized carbons (Fsp3) is 0.467. The second kappa shape index (κ2) is 4.98. The van der Waals surface area contributed by atoms with Crippen LogP contribution in [0, 0.1) is 17.2 Å². The van der Waals surface area contributed by atoms with Crippen LogP contribution in [0.5, 0.6) is 0 Å². The molecule has 1 amide bonds. The van der Waals surface area contributed by atoms with E-state index in [1.165, 1.54) is 17.0 Å². The highest BCUT2D eigenvalue weighted by Gasteiger charge is 2.55. The molecule has 1 heterocycles. The van der Waals surface area contributed by atoms with E-state index >= 15 is 0 Å². The third-order valence-electron chi connectivity index (χ3n) is 4.74. The smallest absolute Gasteiger partial charge is 0.311 e. The number of fused-ring (bicyclic) bond motifs is 1. The Balaban J connectivity index is 1.88. The summed E-state index contributed by atoms with van der Waals surface area (Å²) in [5.74, 6) is -2.01. The number of carboxylic acids is 1. The van der Waals surface area contributed by atoms with Crippen molar-refractivity contribution in [2.24, 2.45) is 11.3 Å². The lowest BCUT2D eigenvalue weighted by Crippen LogP contribution is -2.37. The molecule has 2 fully saturated rings. The van der Waals surface area contributed by atoms with Gasteiger partial charge in [-0.25, -0.2) is 4.39 Å². The molecule has 2 atom stereocenters. The van der Waals surface area contributed by atoms with Crippen LogP contribution in [-0.4, -0.2) is 35.0 Å². The molecule has 1 saturated heterocycles. The van der Waals surface area contributed by atoms with Crippen LogP contribution < -0.4 is 0 Å². The summed E-state index contributed by atoms with van der Waals surface area (Å²) in [5.41, 5.74) is -0.951. The average molecular weight is 312 g/mol. The molecular weight excluding hydrogens is 297 g/mol. The molecule has 2 aliphatic rings. The average Bonchev–Trinajstić information content (AvgIpc) is 2.98. The third kappa shape index (κ3) is 2.20. The summed E-state index contributed by atoms with van der Waals surface area (Å²) in [4.78, 5) is 25.5. The van der Waals surface area contributed by atoms with E-state index in [1.54, 1.807) is 0 Å². The number of carbonyl (C=O) groups excluding carboxylic acids is 1. The first kappa shape index (κ1) is 14.3. The maximum atomic E-state index is 13.8. The topological polar surface area (TPSA) is 57.6 Å². The molecule has 0 spiro atoms. The summed E-state index contributed by atoms with van der Waals surface area (Å²) >= 11 is 5.81. The van der Waals surface area contributed by atoms with Gasteiger partial charge in [-0.05, 0) is 37.0 Å². The van der Waals surface area contributed by atoms with Crippen molar-refractivity contribution in [3.05, 3.63) is 34.6 Å². The summed E-state index contributed by atoms with van der Waals surface area (Å²) in [7, 11) is 0. The van der Waals surface area contributed by atoms with Crippen LogP contribution >= 0.6 is 11.6 Å². The monoisotopic (exact) mass is 311 g/mol. The Labute approximate surface area is 126 Å². The van der Waals surface area contributed by atoms with Gasteiger partial charge in [0.25, 0.3) is 5.91 Å². The first-order valence-corrected chi connectivity index (χ1v) is 7.29. The van der Waals surface area contributed by atoms with Crippen LogP contribution in [0.25, 0.3) is 0 Å². The van der Waals surface area contributed by atoms with E-state index in [9.17, 15) is 19.1 Å². The van der Waals surface area contributed by atoms with Crippen molar-refractivity contribution in [3.8, 4) is 0 Å². The molecule has 1 aromatic rings. The number of hydrogen-bond donors (Lipinski definition) is 1. The normalized spacial score (nSPS) is 27.7. The standard InChI is InChI=1S/C15H15ClFNO3/c16-10-3-4-12(17)11(6-10)13(19)18-7-9-2-1-5-15(9,8-18)14(20)21/h3-4,6,9H,1-2,5,7-8H2,(H,20,21)/t9-,15+/m0/s1. The summed E-state index contributed by atoms with van der Waals surface area (Å²) < 4.78 is 13.8. The van der Waals surface area contributed by atoms with Gasteiger partial charge in [0.05, 0.1) is 11.0 Å². The Bertz CT molecular complexity index is 621. The minimum Gasteiger partial charge on any atom is -0.481 e. The predicted molar refractivity (Wildman–Crippen MR) is 74.7 cm³/mol. The van der Waals surface area contributed by atoms with Crippen LogP contribution in [0.1, 0.15) is 29.6 Å². The van der Waals surface area contributed by atoms with Crippen LogP contribution in [0.3, 0.4) is 0 Å². The van der Waals surface area contributed by atoms with E-state index in [4.69, 9.17) is 11.6 Å². The van der Waals surface area contributed by atoms with E-state index in [2.05, 4.69) is 0 Å². The molecule has 112 valence electrons. The molecule has 1 saturated carbocycles. The highest BCUT2D eigenvalue weighted by Crippen LogP contribution is 2.49. The molecule has 0 bridgehead atoms. The Morgan fingerprint density at radius 3 is 2.86 bits per heavy atom. The Hall–Kier alpha value is -1.62. The molecule has 0 radical (unpaired) electrons. The first-order chi connectivity index (χ1) is 9.94. The summed E-state index contributed by atoms with van der Waals surface area (Å²) in [5, 5.41) is 9.79. The van der Waals surface area contributed by atoms with Gasteiger partial charge in [-0.15, -0.1) is 0 Å². The zero-order valence-corrected chi connectivity index (χ0v) is 12.1. The number of hydrogen-bond acceptors (Lipinski definition) is 2. The van der Waals surface area contributed by atoms with Gasteiger partial charge >= 0.3 is 5.97 Å². The van der Waals surface area contributed by atoms with Gasteiger partial charge in [0.2, 0.25) is 0 Å². The Morgan fingerprint density at radius 1 is 1.43 bits per heavy atom. The number of nitrogens with zero attached hydrogens (tertiary/aromatic N) is 1. The van der Waals surface area contributed by atoms with Crippen molar-refractivity contribution < 1.29 is 19.1 Å². The van der Waals surface area contributed by atoms with Crippen molar-refractivity contribution in [1.82, 2.24) is 4.90 Å². The lowest BCUT2D eigenvalue weighted by atomic mass is 9.81. The van der Waals surface area contributed by atoms with Gasteiger partial charge in [0, 0.05) is 18.1 Å². The molecule has 1 N–H and O–H groups in total.